The molecule has 0 aliphatic heterocycles. The van der Waals surface area contributed by atoms with Gasteiger partial charge in [0.25, 0.3) is 0 Å². The van der Waals surface area contributed by atoms with Gasteiger partial charge in [-0.05, 0) is 30.3 Å². The van der Waals surface area contributed by atoms with E-state index < -0.39 is 12.1 Å². The molecule has 102 valence electrons. The van der Waals surface area contributed by atoms with Crippen molar-refractivity contribution in [1.29, 1.82) is 0 Å². The number of benzene rings is 2. The molecule has 0 unspecified atom stereocenters. The summed E-state index contributed by atoms with van der Waals surface area (Å²) in [4.78, 5) is 22.7. The SMILES string of the molecule is O=C(Nc1ccc(Cl)cc1C(=O)O)Oc1ccccc1. The number of carbonyl (C=O) groups is 2. The number of ether oxygens (including phenoxy) is 1. The number of aromatic carboxylic acids is 1. The van der Waals surface area contributed by atoms with Crippen molar-refractivity contribution >= 4 is 29.4 Å². The maximum absolute atomic E-state index is 11.7. The lowest BCUT2D eigenvalue weighted by Gasteiger charge is -2.09. The Bertz CT molecular complexity index is 643. The zero-order chi connectivity index (χ0) is 14.5. The smallest absolute Gasteiger partial charge is 0.417 e. The zero-order valence-corrected chi connectivity index (χ0v) is 10.9. The predicted molar refractivity (Wildman–Crippen MR) is 74.5 cm³/mol. The van der Waals surface area contributed by atoms with E-state index in [1.54, 1.807) is 30.3 Å². The van der Waals surface area contributed by atoms with E-state index in [9.17, 15) is 9.59 Å². The predicted octanol–water partition coefficient (Wildman–Crippen LogP) is 3.65. The number of carboxylic acids is 1. The van der Waals surface area contributed by atoms with Crippen molar-refractivity contribution in [2.45, 2.75) is 0 Å². The van der Waals surface area contributed by atoms with Crippen LogP contribution in [-0.2, 0) is 0 Å². The first-order chi connectivity index (χ1) is 9.56. The van der Waals surface area contributed by atoms with E-state index in [1.807, 2.05) is 0 Å². The Labute approximate surface area is 119 Å². The van der Waals surface area contributed by atoms with Crippen LogP contribution in [0.2, 0.25) is 5.02 Å². The Morgan fingerprint density at radius 3 is 2.45 bits per heavy atom. The van der Waals surface area contributed by atoms with Crippen LogP contribution in [0.5, 0.6) is 5.75 Å². The van der Waals surface area contributed by atoms with Crippen LogP contribution in [-0.4, -0.2) is 17.2 Å². The molecular weight excluding hydrogens is 282 g/mol. The van der Waals surface area contributed by atoms with E-state index in [1.165, 1.54) is 18.2 Å². The van der Waals surface area contributed by atoms with Crippen LogP contribution in [0, 0.1) is 0 Å². The quantitative estimate of drug-likeness (QED) is 0.905. The first-order valence-electron chi connectivity index (χ1n) is 5.63. The van der Waals surface area contributed by atoms with Gasteiger partial charge in [-0.3, -0.25) is 5.32 Å². The Balaban J connectivity index is 2.14. The number of carboxylic acid groups (broad SMARTS) is 1. The van der Waals surface area contributed by atoms with Gasteiger partial charge >= 0.3 is 12.1 Å². The molecule has 0 saturated heterocycles. The summed E-state index contributed by atoms with van der Waals surface area (Å²) in [5.41, 5.74) is 0.00495. The van der Waals surface area contributed by atoms with Gasteiger partial charge in [0.15, 0.2) is 0 Å². The summed E-state index contributed by atoms with van der Waals surface area (Å²) in [6, 6.07) is 12.6. The lowest BCUT2D eigenvalue weighted by atomic mass is 10.2. The average Bonchev–Trinajstić information content (AvgIpc) is 2.41. The fraction of sp³-hybridized carbons (Fsp3) is 0. The standard InChI is InChI=1S/C14H10ClNO4/c15-9-6-7-12(11(8-9)13(17)18)16-14(19)20-10-4-2-1-3-5-10/h1-8H,(H,16,19)(H,17,18). The average molecular weight is 292 g/mol. The Morgan fingerprint density at radius 2 is 1.80 bits per heavy atom. The summed E-state index contributed by atoms with van der Waals surface area (Å²) in [5, 5.41) is 11.7. The Kier molecular flexibility index (Phi) is 4.22. The third-order valence-electron chi connectivity index (χ3n) is 2.40. The fourth-order valence-electron chi connectivity index (χ4n) is 1.53. The monoisotopic (exact) mass is 291 g/mol. The van der Waals surface area contributed by atoms with E-state index in [2.05, 4.69) is 5.32 Å². The number of carbonyl (C=O) groups excluding carboxylic acids is 1. The van der Waals surface area contributed by atoms with Gasteiger partial charge in [0.1, 0.15) is 5.75 Å². The summed E-state index contributed by atoms with van der Waals surface area (Å²) >= 11 is 5.72. The summed E-state index contributed by atoms with van der Waals surface area (Å²) in [6.45, 7) is 0. The van der Waals surface area contributed by atoms with Crippen LogP contribution in [0.15, 0.2) is 48.5 Å². The molecule has 20 heavy (non-hydrogen) atoms. The van der Waals surface area contributed by atoms with Gasteiger partial charge < -0.3 is 9.84 Å². The summed E-state index contributed by atoms with van der Waals surface area (Å²) in [5.74, 6) is -0.835. The lowest BCUT2D eigenvalue weighted by molar-refractivity contribution is 0.0698. The topological polar surface area (TPSA) is 75.6 Å². The molecular formula is C14H10ClNO4. The van der Waals surface area contributed by atoms with Crippen molar-refractivity contribution in [3.63, 3.8) is 0 Å². The number of rotatable bonds is 3. The van der Waals surface area contributed by atoms with Crippen molar-refractivity contribution < 1.29 is 19.4 Å². The van der Waals surface area contributed by atoms with Crippen molar-refractivity contribution in [2.24, 2.45) is 0 Å². The normalized spacial score (nSPS) is 9.85. The largest absolute Gasteiger partial charge is 0.478 e. The minimum atomic E-state index is -1.19. The van der Waals surface area contributed by atoms with Gasteiger partial charge in [0, 0.05) is 5.02 Å². The van der Waals surface area contributed by atoms with Gasteiger partial charge in [0.2, 0.25) is 0 Å². The maximum atomic E-state index is 11.7. The van der Waals surface area contributed by atoms with Crippen LogP contribution >= 0.6 is 11.6 Å². The highest BCUT2D eigenvalue weighted by molar-refractivity contribution is 6.31. The second-order valence-corrected chi connectivity index (χ2v) is 4.26. The Hall–Kier alpha value is -2.53. The molecule has 6 heteroatoms. The maximum Gasteiger partial charge on any atom is 0.417 e. The molecule has 0 fully saturated rings. The number of halogens is 1. The molecule has 2 N–H and O–H groups in total. The van der Waals surface area contributed by atoms with E-state index in [0.29, 0.717) is 5.75 Å². The summed E-state index contributed by atoms with van der Waals surface area (Å²) < 4.78 is 5.01. The highest BCUT2D eigenvalue weighted by atomic mass is 35.5. The van der Waals surface area contributed by atoms with Crippen molar-refractivity contribution in [3.05, 3.63) is 59.1 Å². The van der Waals surface area contributed by atoms with Crippen LogP contribution in [0.3, 0.4) is 0 Å². The van der Waals surface area contributed by atoms with Crippen LogP contribution in [0.4, 0.5) is 10.5 Å². The molecule has 2 aromatic carbocycles. The van der Waals surface area contributed by atoms with Gasteiger partial charge in [-0.2, -0.15) is 0 Å². The molecule has 0 atom stereocenters. The van der Waals surface area contributed by atoms with Crippen LogP contribution < -0.4 is 10.1 Å². The summed E-state index contributed by atoms with van der Waals surface area (Å²) in [7, 11) is 0. The van der Waals surface area contributed by atoms with E-state index in [0.717, 1.165) is 0 Å². The zero-order valence-electron chi connectivity index (χ0n) is 10.2. The number of hydrogen-bond acceptors (Lipinski definition) is 3. The molecule has 2 rings (SSSR count). The van der Waals surface area contributed by atoms with Gasteiger partial charge in [-0.1, -0.05) is 29.8 Å². The highest BCUT2D eigenvalue weighted by Crippen LogP contribution is 2.21. The second kappa shape index (κ2) is 6.08. The van der Waals surface area contributed by atoms with Crippen molar-refractivity contribution in [3.8, 4) is 5.75 Å². The minimum Gasteiger partial charge on any atom is -0.478 e. The molecule has 0 aliphatic carbocycles. The molecule has 0 spiro atoms. The van der Waals surface area contributed by atoms with Crippen LogP contribution in [0.1, 0.15) is 10.4 Å². The number of para-hydroxylation sites is 1. The first-order valence-corrected chi connectivity index (χ1v) is 6.01. The number of anilines is 1. The minimum absolute atomic E-state index is 0.109. The first kappa shape index (κ1) is 13.9. The fourth-order valence-corrected chi connectivity index (χ4v) is 1.71. The molecule has 0 aromatic heterocycles. The van der Waals surface area contributed by atoms with Crippen molar-refractivity contribution in [2.75, 3.05) is 5.32 Å². The molecule has 0 radical (unpaired) electrons. The summed E-state index contributed by atoms with van der Waals surface area (Å²) in [6.07, 6.45) is -0.777. The highest BCUT2D eigenvalue weighted by Gasteiger charge is 2.14. The van der Waals surface area contributed by atoms with Gasteiger partial charge in [0.05, 0.1) is 11.3 Å². The van der Waals surface area contributed by atoms with E-state index in [4.69, 9.17) is 21.4 Å². The number of amides is 1. The van der Waals surface area contributed by atoms with Gasteiger partial charge in [-0.25, -0.2) is 9.59 Å². The molecule has 0 heterocycles. The van der Waals surface area contributed by atoms with Gasteiger partial charge in [-0.15, -0.1) is 0 Å². The number of hydrogen-bond donors (Lipinski definition) is 2. The van der Waals surface area contributed by atoms with E-state index >= 15 is 0 Å². The molecule has 0 saturated carbocycles. The molecule has 1 amide bonds. The van der Waals surface area contributed by atoms with E-state index in [-0.39, 0.29) is 16.3 Å². The third kappa shape index (κ3) is 3.49. The van der Waals surface area contributed by atoms with Crippen LogP contribution in [0.25, 0.3) is 0 Å². The molecule has 0 bridgehead atoms. The molecule has 5 nitrogen and oxygen atoms in total. The number of nitrogens with one attached hydrogen (secondary N) is 1. The third-order valence-corrected chi connectivity index (χ3v) is 2.64. The second-order valence-electron chi connectivity index (χ2n) is 3.82. The lowest BCUT2D eigenvalue weighted by Crippen LogP contribution is -2.18. The van der Waals surface area contributed by atoms with Crippen molar-refractivity contribution in [1.82, 2.24) is 0 Å². The Morgan fingerprint density at radius 1 is 1.10 bits per heavy atom. The molecule has 0 aliphatic rings. The molecule has 2 aromatic rings.